The second kappa shape index (κ2) is 6.72. The van der Waals surface area contributed by atoms with Crippen LogP contribution in [0, 0.1) is 5.92 Å². The smallest absolute Gasteiger partial charge is 0.223 e. The Labute approximate surface area is 139 Å². The Balaban J connectivity index is 1.69. The highest BCUT2D eigenvalue weighted by molar-refractivity contribution is 7.94. The van der Waals surface area contributed by atoms with Crippen molar-refractivity contribution in [3.63, 3.8) is 0 Å². The molecule has 1 aliphatic heterocycles. The van der Waals surface area contributed by atoms with Gasteiger partial charge in [-0.05, 0) is 23.6 Å². The molecule has 1 atom stereocenters. The Kier molecular flexibility index (Phi) is 4.68. The summed E-state index contributed by atoms with van der Waals surface area (Å²) < 4.78 is 28.3. The first-order valence-corrected chi connectivity index (χ1v) is 9.85. The van der Waals surface area contributed by atoms with E-state index in [2.05, 4.69) is 0 Å². The summed E-state index contributed by atoms with van der Waals surface area (Å²) in [5.41, 5.74) is 0. The lowest BCUT2D eigenvalue weighted by atomic mass is 10.1. The van der Waals surface area contributed by atoms with Crippen molar-refractivity contribution in [3.8, 4) is 0 Å². The van der Waals surface area contributed by atoms with E-state index in [9.17, 15) is 13.2 Å². The molecule has 1 unspecified atom stereocenters. The van der Waals surface area contributed by atoms with Crippen molar-refractivity contribution < 1.29 is 17.6 Å². The van der Waals surface area contributed by atoms with Gasteiger partial charge in [-0.15, -0.1) is 11.3 Å². The van der Waals surface area contributed by atoms with E-state index in [1.165, 1.54) is 5.41 Å². The number of thiophene rings is 1. The van der Waals surface area contributed by atoms with E-state index in [1.807, 2.05) is 23.6 Å². The van der Waals surface area contributed by atoms with Crippen LogP contribution in [0.5, 0.6) is 0 Å². The Morgan fingerprint density at radius 2 is 2.17 bits per heavy atom. The van der Waals surface area contributed by atoms with Gasteiger partial charge in [-0.1, -0.05) is 12.1 Å². The molecule has 0 aromatic carbocycles. The van der Waals surface area contributed by atoms with Crippen LogP contribution in [0.4, 0.5) is 0 Å². The topological polar surface area (TPSA) is 67.6 Å². The first kappa shape index (κ1) is 16.0. The van der Waals surface area contributed by atoms with Gasteiger partial charge in [0.15, 0.2) is 9.84 Å². The Morgan fingerprint density at radius 3 is 2.78 bits per heavy atom. The van der Waals surface area contributed by atoms with Gasteiger partial charge in [0.1, 0.15) is 5.76 Å². The van der Waals surface area contributed by atoms with Crippen LogP contribution in [0.15, 0.2) is 51.8 Å². The number of carbonyl (C=O) groups excluding carboxylic acids is 1. The zero-order chi connectivity index (χ0) is 16.3. The van der Waals surface area contributed by atoms with Crippen molar-refractivity contribution in [2.45, 2.75) is 19.5 Å². The fourth-order valence-electron chi connectivity index (χ4n) is 2.53. The standard InChI is InChI=1S/C16H17NO4S2/c18-16(9-13-5-8-23(19,20)12-13)17(10-14-3-1-6-21-14)11-15-4-2-7-22-15/h1-8,13H,9-12H2. The summed E-state index contributed by atoms with van der Waals surface area (Å²) in [4.78, 5) is 15.4. The van der Waals surface area contributed by atoms with Crippen LogP contribution >= 0.6 is 11.3 Å². The molecule has 0 spiro atoms. The minimum atomic E-state index is -3.13. The monoisotopic (exact) mass is 351 g/mol. The summed E-state index contributed by atoms with van der Waals surface area (Å²) in [7, 11) is -3.13. The van der Waals surface area contributed by atoms with E-state index < -0.39 is 9.84 Å². The van der Waals surface area contributed by atoms with Gasteiger partial charge in [-0.2, -0.15) is 0 Å². The van der Waals surface area contributed by atoms with Gasteiger partial charge in [0.05, 0.1) is 25.1 Å². The fraction of sp³-hybridized carbons (Fsp3) is 0.312. The van der Waals surface area contributed by atoms with Gasteiger partial charge < -0.3 is 9.32 Å². The maximum atomic E-state index is 12.6. The largest absolute Gasteiger partial charge is 0.467 e. The molecule has 0 aliphatic carbocycles. The predicted octanol–water partition coefficient (Wildman–Crippen LogP) is 2.82. The van der Waals surface area contributed by atoms with Crippen LogP contribution in [-0.4, -0.2) is 25.0 Å². The highest BCUT2D eigenvalue weighted by atomic mass is 32.2. The van der Waals surface area contributed by atoms with Crippen LogP contribution in [0.2, 0.25) is 0 Å². The average Bonchev–Trinajstić information content (AvgIpc) is 3.21. The second-order valence-corrected chi connectivity index (χ2v) is 8.49. The fourth-order valence-corrected chi connectivity index (χ4v) is 4.65. The molecule has 5 nitrogen and oxygen atoms in total. The van der Waals surface area contributed by atoms with E-state index in [1.54, 1.807) is 34.6 Å². The number of sulfone groups is 1. The van der Waals surface area contributed by atoms with Gasteiger partial charge in [0.2, 0.25) is 5.91 Å². The molecule has 1 amide bonds. The number of furan rings is 1. The lowest BCUT2D eigenvalue weighted by Crippen LogP contribution is -2.31. The first-order chi connectivity index (χ1) is 11.0. The Morgan fingerprint density at radius 1 is 1.30 bits per heavy atom. The molecule has 122 valence electrons. The number of rotatable bonds is 6. The lowest BCUT2D eigenvalue weighted by Gasteiger charge is -2.22. The highest BCUT2D eigenvalue weighted by Crippen LogP contribution is 2.22. The minimum Gasteiger partial charge on any atom is -0.467 e. The molecule has 0 N–H and O–H groups in total. The van der Waals surface area contributed by atoms with Gasteiger partial charge in [-0.25, -0.2) is 8.42 Å². The number of amides is 1. The molecule has 1 aliphatic rings. The molecule has 23 heavy (non-hydrogen) atoms. The molecular formula is C16H17NO4S2. The quantitative estimate of drug-likeness (QED) is 0.802. The molecular weight excluding hydrogens is 334 g/mol. The first-order valence-electron chi connectivity index (χ1n) is 7.25. The molecule has 0 radical (unpaired) electrons. The zero-order valence-electron chi connectivity index (χ0n) is 12.4. The summed E-state index contributed by atoms with van der Waals surface area (Å²) in [5.74, 6) is 0.424. The maximum Gasteiger partial charge on any atom is 0.223 e. The van der Waals surface area contributed by atoms with E-state index in [0.29, 0.717) is 18.8 Å². The number of carbonyl (C=O) groups is 1. The molecule has 0 fully saturated rings. The molecule has 7 heteroatoms. The predicted molar refractivity (Wildman–Crippen MR) is 88.3 cm³/mol. The molecule has 2 aromatic heterocycles. The third-order valence-corrected chi connectivity index (χ3v) is 5.97. The van der Waals surface area contributed by atoms with Gasteiger partial charge >= 0.3 is 0 Å². The number of hydrogen-bond donors (Lipinski definition) is 0. The third-order valence-electron chi connectivity index (χ3n) is 3.65. The number of allylic oxidation sites excluding steroid dienone is 1. The zero-order valence-corrected chi connectivity index (χ0v) is 14.1. The summed E-state index contributed by atoms with van der Waals surface area (Å²) in [6.45, 7) is 0.882. The summed E-state index contributed by atoms with van der Waals surface area (Å²) in [5, 5.41) is 3.18. The van der Waals surface area contributed by atoms with Crippen LogP contribution in [0.25, 0.3) is 0 Å². The maximum absolute atomic E-state index is 12.6. The van der Waals surface area contributed by atoms with Crippen molar-refractivity contribution in [1.82, 2.24) is 4.90 Å². The van der Waals surface area contributed by atoms with E-state index in [0.717, 1.165) is 4.88 Å². The normalized spacial score (nSPS) is 19.0. The molecule has 3 heterocycles. The molecule has 0 bridgehead atoms. The highest BCUT2D eigenvalue weighted by Gasteiger charge is 2.26. The van der Waals surface area contributed by atoms with Crippen molar-refractivity contribution in [3.05, 3.63) is 58.0 Å². The number of hydrogen-bond acceptors (Lipinski definition) is 5. The molecule has 0 saturated carbocycles. The van der Waals surface area contributed by atoms with E-state index >= 15 is 0 Å². The lowest BCUT2D eigenvalue weighted by molar-refractivity contribution is -0.133. The SMILES string of the molecule is O=C(CC1C=CS(=O)(=O)C1)N(Cc1ccco1)Cc1cccs1. The van der Waals surface area contributed by atoms with Gasteiger partial charge in [0.25, 0.3) is 0 Å². The second-order valence-electron chi connectivity index (χ2n) is 5.53. The Bertz CT molecular complexity index is 740. The van der Waals surface area contributed by atoms with E-state index in [4.69, 9.17) is 4.42 Å². The summed E-state index contributed by atoms with van der Waals surface area (Å²) >= 11 is 1.59. The molecule has 0 saturated heterocycles. The minimum absolute atomic E-state index is 0.0202. The van der Waals surface area contributed by atoms with Crippen LogP contribution in [0.3, 0.4) is 0 Å². The van der Waals surface area contributed by atoms with E-state index in [-0.39, 0.29) is 24.0 Å². The third kappa shape index (κ3) is 4.33. The van der Waals surface area contributed by atoms with Gasteiger partial charge in [0, 0.05) is 22.6 Å². The molecule has 3 rings (SSSR count). The van der Waals surface area contributed by atoms with Crippen molar-refractivity contribution in [2.24, 2.45) is 5.92 Å². The molecule has 2 aromatic rings. The average molecular weight is 351 g/mol. The van der Waals surface area contributed by atoms with Crippen LogP contribution < -0.4 is 0 Å². The Hall–Kier alpha value is -1.86. The van der Waals surface area contributed by atoms with Gasteiger partial charge in [-0.3, -0.25) is 4.79 Å². The van der Waals surface area contributed by atoms with Crippen LogP contribution in [0.1, 0.15) is 17.1 Å². The summed E-state index contributed by atoms with van der Waals surface area (Å²) in [6, 6.07) is 7.54. The van der Waals surface area contributed by atoms with Crippen molar-refractivity contribution in [1.29, 1.82) is 0 Å². The summed E-state index contributed by atoms with van der Waals surface area (Å²) in [6.07, 6.45) is 3.39. The number of nitrogens with zero attached hydrogens (tertiary/aromatic N) is 1. The van der Waals surface area contributed by atoms with Crippen molar-refractivity contribution >= 4 is 27.1 Å². The van der Waals surface area contributed by atoms with Crippen LogP contribution in [-0.2, 0) is 27.7 Å². The van der Waals surface area contributed by atoms with Crippen molar-refractivity contribution in [2.75, 3.05) is 5.75 Å².